The molecule has 1 aromatic carbocycles. The predicted molar refractivity (Wildman–Crippen MR) is 89.9 cm³/mol. The van der Waals surface area contributed by atoms with E-state index in [4.69, 9.17) is 0 Å². The van der Waals surface area contributed by atoms with Crippen LogP contribution < -0.4 is 0 Å². The molecule has 0 heterocycles. The van der Waals surface area contributed by atoms with E-state index in [9.17, 15) is 4.79 Å². The van der Waals surface area contributed by atoms with Crippen molar-refractivity contribution in [1.82, 2.24) is 0 Å². The largest absolute Gasteiger partial charge is 0.295 e. The van der Waals surface area contributed by atoms with E-state index >= 15 is 0 Å². The van der Waals surface area contributed by atoms with E-state index in [-0.39, 0.29) is 5.41 Å². The summed E-state index contributed by atoms with van der Waals surface area (Å²) in [6.45, 7) is 6.31. The zero-order chi connectivity index (χ0) is 15.5. The van der Waals surface area contributed by atoms with Gasteiger partial charge in [0, 0.05) is 0 Å². The van der Waals surface area contributed by atoms with Gasteiger partial charge in [-0.25, -0.2) is 0 Å². The van der Waals surface area contributed by atoms with E-state index in [1.54, 1.807) is 18.1 Å². The van der Waals surface area contributed by atoms with Crippen molar-refractivity contribution in [3.8, 4) is 0 Å². The summed E-state index contributed by atoms with van der Waals surface area (Å²) in [7, 11) is 0. The highest BCUT2D eigenvalue weighted by atomic mass is 16.1. The minimum Gasteiger partial charge on any atom is -0.295 e. The number of fused-ring (bicyclic) bond motifs is 5. The summed E-state index contributed by atoms with van der Waals surface area (Å²) in [6, 6.07) is 7.06. The van der Waals surface area contributed by atoms with Crippen LogP contribution in [-0.4, -0.2) is 5.78 Å². The second kappa shape index (κ2) is 4.81. The molecule has 3 aliphatic rings. The van der Waals surface area contributed by atoms with E-state index in [0.29, 0.717) is 11.7 Å². The van der Waals surface area contributed by atoms with Crippen molar-refractivity contribution in [2.45, 2.75) is 58.8 Å². The number of ketones is 1. The van der Waals surface area contributed by atoms with E-state index in [2.05, 4.69) is 38.1 Å². The minimum atomic E-state index is 0.148. The third-order valence-electron chi connectivity index (χ3n) is 6.84. The second-order valence-corrected chi connectivity index (χ2v) is 7.98. The Labute approximate surface area is 133 Å². The van der Waals surface area contributed by atoms with Crippen LogP contribution in [0.4, 0.5) is 0 Å². The number of carbonyl (C=O) groups is 1. The van der Waals surface area contributed by atoms with Crippen molar-refractivity contribution in [3.63, 3.8) is 0 Å². The molecule has 1 saturated carbocycles. The SMILES string of the molecule is CC(=O)C1=CCC2C3CCc4cc(C)ccc4C3CCC12C. The van der Waals surface area contributed by atoms with Crippen LogP contribution in [0.15, 0.2) is 29.8 Å². The average molecular weight is 294 g/mol. The van der Waals surface area contributed by atoms with Crippen LogP contribution >= 0.6 is 0 Å². The molecule has 22 heavy (non-hydrogen) atoms. The monoisotopic (exact) mass is 294 g/mol. The topological polar surface area (TPSA) is 17.1 Å². The van der Waals surface area contributed by atoms with Gasteiger partial charge < -0.3 is 0 Å². The van der Waals surface area contributed by atoms with Gasteiger partial charge in [-0.1, -0.05) is 36.8 Å². The van der Waals surface area contributed by atoms with Crippen molar-refractivity contribution >= 4 is 5.78 Å². The maximum Gasteiger partial charge on any atom is 0.156 e. The lowest BCUT2D eigenvalue weighted by Gasteiger charge is -2.50. The highest BCUT2D eigenvalue weighted by Gasteiger charge is 2.52. The third kappa shape index (κ3) is 1.87. The molecule has 0 aromatic heterocycles. The van der Waals surface area contributed by atoms with Gasteiger partial charge >= 0.3 is 0 Å². The van der Waals surface area contributed by atoms with E-state index in [0.717, 1.165) is 23.8 Å². The number of rotatable bonds is 1. The molecular weight excluding hydrogens is 268 g/mol. The molecule has 0 aliphatic heterocycles. The van der Waals surface area contributed by atoms with E-state index in [1.807, 2.05) is 0 Å². The Morgan fingerprint density at radius 3 is 2.86 bits per heavy atom. The van der Waals surface area contributed by atoms with E-state index < -0.39 is 0 Å². The minimum absolute atomic E-state index is 0.148. The van der Waals surface area contributed by atoms with Crippen LogP contribution in [0.5, 0.6) is 0 Å². The summed E-state index contributed by atoms with van der Waals surface area (Å²) in [5.74, 6) is 2.47. The number of hydrogen-bond acceptors (Lipinski definition) is 1. The van der Waals surface area contributed by atoms with Crippen LogP contribution in [0.3, 0.4) is 0 Å². The van der Waals surface area contributed by atoms with Crippen molar-refractivity contribution in [2.75, 3.05) is 0 Å². The van der Waals surface area contributed by atoms with Crippen LogP contribution in [0, 0.1) is 24.2 Å². The summed E-state index contributed by atoms with van der Waals surface area (Å²) in [5, 5.41) is 0. The molecule has 4 unspecified atom stereocenters. The molecular formula is C21H26O. The molecule has 1 fully saturated rings. The predicted octanol–water partition coefficient (Wildman–Crippen LogP) is 4.98. The maximum absolute atomic E-state index is 12.0. The summed E-state index contributed by atoms with van der Waals surface area (Å²) < 4.78 is 0. The molecule has 4 rings (SSSR count). The van der Waals surface area contributed by atoms with Crippen LogP contribution in [0.25, 0.3) is 0 Å². The Morgan fingerprint density at radius 1 is 1.27 bits per heavy atom. The molecule has 4 atom stereocenters. The lowest BCUT2D eigenvalue weighted by Crippen LogP contribution is -2.42. The highest BCUT2D eigenvalue weighted by Crippen LogP contribution is 2.61. The smallest absolute Gasteiger partial charge is 0.156 e. The lowest BCUT2D eigenvalue weighted by atomic mass is 9.54. The summed E-state index contributed by atoms with van der Waals surface area (Å²) in [5.41, 5.74) is 5.86. The first-order valence-corrected chi connectivity index (χ1v) is 8.81. The number of benzene rings is 1. The summed E-state index contributed by atoms with van der Waals surface area (Å²) in [6.07, 6.45) is 8.34. The van der Waals surface area contributed by atoms with Gasteiger partial charge in [0.15, 0.2) is 5.78 Å². The first-order chi connectivity index (χ1) is 10.5. The van der Waals surface area contributed by atoms with Gasteiger partial charge in [0.1, 0.15) is 0 Å². The van der Waals surface area contributed by atoms with Crippen molar-refractivity contribution in [1.29, 1.82) is 0 Å². The van der Waals surface area contributed by atoms with Crippen LogP contribution in [0.2, 0.25) is 0 Å². The van der Waals surface area contributed by atoms with Crippen LogP contribution in [0.1, 0.15) is 62.1 Å². The van der Waals surface area contributed by atoms with Crippen LogP contribution in [-0.2, 0) is 11.2 Å². The van der Waals surface area contributed by atoms with Gasteiger partial charge in [-0.2, -0.15) is 0 Å². The molecule has 0 amide bonds. The molecule has 0 bridgehead atoms. The standard InChI is InChI=1S/C21H26O/c1-13-4-6-16-15(12-13)5-7-18-17(16)10-11-21(3)19(14(2)22)8-9-20(18)21/h4,6,8,12,17-18,20H,5,7,9-11H2,1-3H3. The number of Topliss-reactive ketones (excluding diaryl/α,β-unsaturated/α-hetero) is 1. The molecule has 0 radical (unpaired) electrons. The Morgan fingerprint density at radius 2 is 2.09 bits per heavy atom. The fraction of sp³-hybridized carbons (Fsp3) is 0.571. The van der Waals surface area contributed by atoms with Gasteiger partial charge in [-0.15, -0.1) is 0 Å². The zero-order valence-electron chi connectivity index (χ0n) is 14.0. The quantitative estimate of drug-likeness (QED) is 0.714. The number of aryl methyl sites for hydroxylation is 2. The Bertz CT molecular complexity index is 668. The van der Waals surface area contributed by atoms with Crippen molar-refractivity contribution in [2.24, 2.45) is 17.3 Å². The Balaban J connectivity index is 1.70. The van der Waals surface area contributed by atoms with Crippen molar-refractivity contribution in [3.05, 3.63) is 46.5 Å². The maximum atomic E-state index is 12.0. The molecule has 0 N–H and O–H groups in total. The fourth-order valence-electron chi connectivity index (χ4n) is 5.82. The molecule has 0 spiro atoms. The summed E-state index contributed by atoms with van der Waals surface area (Å²) >= 11 is 0. The highest BCUT2D eigenvalue weighted by molar-refractivity contribution is 5.95. The number of allylic oxidation sites excluding steroid dienone is 2. The normalized spacial score (nSPS) is 36.1. The fourth-order valence-corrected chi connectivity index (χ4v) is 5.82. The number of hydrogen-bond donors (Lipinski definition) is 0. The molecule has 0 saturated heterocycles. The third-order valence-corrected chi connectivity index (χ3v) is 6.84. The molecule has 116 valence electrons. The lowest BCUT2D eigenvalue weighted by molar-refractivity contribution is -0.115. The van der Waals surface area contributed by atoms with Gasteiger partial charge in [0.25, 0.3) is 0 Å². The Hall–Kier alpha value is -1.37. The Kier molecular flexibility index (Phi) is 3.11. The summed E-state index contributed by atoms with van der Waals surface area (Å²) in [4.78, 5) is 12.0. The first-order valence-electron chi connectivity index (χ1n) is 8.81. The van der Waals surface area contributed by atoms with Gasteiger partial charge in [0.2, 0.25) is 0 Å². The van der Waals surface area contributed by atoms with Gasteiger partial charge in [-0.05, 0) is 85.8 Å². The molecule has 1 heteroatoms. The molecule has 3 aliphatic carbocycles. The average Bonchev–Trinajstić information content (AvgIpc) is 2.84. The van der Waals surface area contributed by atoms with E-state index in [1.165, 1.54) is 31.2 Å². The van der Waals surface area contributed by atoms with Gasteiger partial charge in [0.05, 0.1) is 0 Å². The molecule has 1 nitrogen and oxygen atoms in total. The van der Waals surface area contributed by atoms with Gasteiger partial charge in [-0.3, -0.25) is 4.79 Å². The number of carbonyl (C=O) groups excluding carboxylic acids is 1. The second-order valence-electron chi connectivity index (χ2n) is 7.98. The van der Waals surface area contributed by atoms with Crippen molar-refractivity contribution < 1.29 is 4.79 Å². The molecule has 1 aromatic rings. The first kappa shape index (κ1) is 14.2. The zero-order valence-corrected chi connectivity index (χ0v) is 14.0.